The van der Waals surface area contributed by atoms with Crippen molar-refractivity contribution in [2.24, 2.45) is 0 Å². The molecule has 0 saturated carbocycles. The van der Waals surface area contributed by atoms with Crippen molar-refractivity contribution >= 4 is 29.2 Å². The number of benzene rings is 2. The van der Waals surface area contributed by atoms with Gasteiger partial charge in [0.25, 0.3) is 5.91 Å². The van der Waals surface area contributed by atoms with Gasteiger partial charge in [0.1, 0.15) is 5.69 Å². The van der Waals surface area contributed by atoms with Gasteiger partial charge in [-0.15, -0.1) is 0 Å². The molecule has 0 atom stereocenters. The monoisotopic (exact) mass is 376 g/mol. The van der Waals surface area contributed by atoms with Crippen LogP contribution in [0.4, 0.5) is 17.3 Å². The number of esters is 1. The van der Waals surface area contributed by atoms with Crippen molar-refractivity contribution < 1.29 is 14.3 Å². The number of hydrogen-bond donors (Lipinski definition) is 2. The molecule has 0 aliphatic rings. The van der Waals surface area contributed by atoms with Gasteiger partial charge in [-0.1, -0.05) is 37.3 Å². The van der Waals surface area contributed by atoms with Crippen LogP contribution in [0.5, 0.6) is 0 Å². The predicted molar refractivity (Wildman–Crippen MR) is 107 cm³/mol. The standard InChI is InChI=1S/C21H20N4O3/c1-3-14-8-4-6-10-16(14)24-21-22-13-12-18(25-21)19(26)23-17-11-7-5-9-15(17)20(27)28-2/h4-13H,3H2,1-2H3,(H,23,26)(H,22,24,25). The second-order valence-corrected chi connectivity index (χ2v) is 5.89. The number of aromatic nitrogens is 2. The molecular weight excluding hydrogens is 356 g/mol. The summed E-state index contributed by atoms with van der Waals surface area (Å²) in [5, 5.41) is 5.84. The fraction of sp³-hybridized carbons (Fsp3) is 0.143. The van der Waals surface area contributed by atoms with Gasteiger partial charge in [0.15, 0.2) is 0 Å². The summed E-state index contributed by atoms with van der Waals surface area (Å²) in [7, 11) is 1.29. The quantitative estimate of drug-likeness (QED) is 0.635. The molecule has 28 heavy (non-hydrogen) atoms. The Morgan fingerprint density at radius 2 is 1.71 bits per heavy atom. The van der Waals surface area contributed by atoms with Crippen LogP contribution in [0.2, 0.25) is 0 Å². The van der Waals surface area contributed by atoms with E-state index >= 15 is 0 Å². The highest BCUT2D eigenvalue weighted by Crippen LogP contribution is 2.20. The molecule has 1 heterocycles. The molecule has 0 spiro atoms. The zero-order chi connectivity index (χ0) is 19.9. The van der Waals surface area contributed by atoms with Gasteiger partial charge in [-0.25, -0.2) is 14.8 Å². The SMILES string of the molecule is CCc1ccccc1Nc1nccc(C(=O)Nc2ccccc2C(=O)OC)n1. The minimum Gasteiger partial charge on any atom is -0.465 e. The molecule has 0 unspecified atom stereocenters. The highest BCUT2D eigenvalue weighted by Gasteiger charge is 2.15. The molecule has 142 valence electrons. The minimum atomic E-state index is -0.530. The number of aryl methyl sites for hydroxylation is 1. The molecule has 0 fully saturated rings. The van der Waals surface area contributed by atoms with Crippen LogP contribution in [-0.4, -0.2) is 29.0 Å². The van der Waals surface area contributed by atoms with E-state index in [1.165, 1.54) is 19.4 Å². The fourth-order valence-corrected chi connectivity index (χ4v) is 2.68. The average molecular weight is 376 g/mol. The maximum atomic E-state index is 12.6. The molecule has 0 bridgehead atoms. The van der Waals surface area contributed by atoms with Gasteiger partial charge >= 0.3 is 5.97 Å². The number of para-hydroxylation sites is 2. The molecule has 1 aromatic heterocycles. The van der Waals surface area contributed by atoms with Crippen LogP contribution >= 0.6 is 0 Å². The molecule has 2 aromatic carbocycles. The van der Waals surface area contributed by atoms with E-state index < -0.39 is 11.9 Å². The molecule has 3 rings (SSSR count). The second kappa shape index (κ2) is 8.77. The number of nitrogens with zero attached hydrogens (tertiary/aromatic N) is 2. The van der Waals surface area contributed by atoms with Crippen LogP contribution in [0.25, 0.3) is 0 Å². The molecule has 0 radical (unpaired) electrons. The van der Waals surface area contributed by atoms with E-state index in [0.29, 0.717) is 11.6 Å². The first-order chi connectivity index (χ1) is 13.6. The second-order valence-electron chi connectivity index (χ2n) is 5.89. The van der Waals surface area contributed by atoms with Crippen molar-refractivity contribution in [3.8, 4) is 0 Å². The van der Waals surface area contributed by atoms with Gasteiger partial charge in [-0.05, 0) is 36.2 Å². The van der Waals surface area contributed by atoms with Gasteiger partial charge in [-0.3, -0.25) is 4.79 Å². The van der Waals surface area contributed by atoms with Crippen LogP contribution in [0, 0.1) is 0 Å². The van der Waals surface area contributed by atoms with E-state index in [1.807, 2.05) is 24.3 Å². The number of rotatable bonds is 6. The summed E-state index contributed by atoms with van der Waals surface area (Å²) in [5.74, 6) is -0.669. The first-order valence-electron chi connectivity index (χ1n) is 8.79. The van der Waals surface area contributed by atoms with Crippen LogP contribution < -0.4 is 10.6 Å². The Bertz CT molecular complexity index is 1000. The third kappa shape index (κ3) is 4.32. The summed E-state index contributed by atoms with van der Waals surface area (Å²) in [4.78, 5) is 33.0. The minimum absolute atomic E-state index is 0.172. The molecule has 7 heteroatoms. The van der Waals surface area contributed by atoms with Gasteiger partial charge in [0.2, 0.25) is 5.95 Å². The van der Waals surface area contributed by atoms with Crippen LogP contribution in [0.3, 0.4) is 0 Å². The van der Waals surface area contributed by atoms with Crippen molar-refractivity contribution in [3.05, 3.63) is 77.6 Å². The molecule has 0 saturated heterocycles. The summed E-state index contributed by atoms with van der Waals surface area (Å²) in [6.45, 7) is 2.06. The van der Waals surface area contributed by atoms with Crippen molar-refractivity contribution in [1.29, 1.82) is 0 Å². The highest BCUT2D eigenvalue weighted by molar-refractivity contribution is 6.07. The number of ether oxygens (including phenoxy) is 1. The maximum absolute atomic E-state index is 12.6. The molecule has 1 amide bonds. The summed E-state index contributed by atoms with van der Waals surface area (Å²) in [6.07, 6.45) is 2.36. The summed E-state index contributed by atoms with van der Waals surface area (Å²) < 4.78 is 4.75. The normalized spacial score (nSPS) is 10.2. The molecule has 2 N–H and O–H groups in total. The van der Waals surface area contributed by atoms with E-state index in [9.17, 15) is 9.59 Å². The zero-order valence-corrected chi connectivity index (χ0v) is 15.6. The topological polar surface area (TPSA) is 93.2 Å². The smallest absolute Gasteiger partial charge is 0.339 e. The number of anilines is 3. The zero-order valence-electron chi connectivity index (χ0n) is 15.6. The van der Waals surface area contributed by atoms with Gasteiger partial charge < -0.3 is 15.4 Å². The largest absolute Gasteiger partial charge is 0.465 e. The number of amides is 1. The number of nitrogens with one attached hydrogen (secondary N) is 2. The Labute approximate surface area is 162 Å². The lowest BCUT2D eigenvalue weighted by atomic mass is 10.1. The van der Waals surface area contributed by atoms with Crippen LogP contribution in [-0.2, 0) is 11.2 Å². The van der Waals surface area contributed by atoms with Gasteiger partial charge in [0.05, 0.1) is 18.4 Å². The first kappa shape index (κ1) is 19.0. The van der Waals surface area contributed by atoms with Crippen molar-refractivity contribution in [1.82, 2.24) is 9.97 Å². The third-order valence-corrected chi connectivity index (χ3v) is 4.11. The van der Waals surface area contributed by atoms with E-state index in [2.05, 4.69) is 27.5 Å². The Kier molecular flexibility index (Phi) is 5.96. The summed E-state index contributed by atoms with van der Waals surface area (Å²) in [6, 6.07) is 16.0. The number of carbonyl (C=O) groups is 2. The molecule has 0 aliphatic carbocycles. The average Bonchev–Trinajstić information content (AvgIpc) is 2.74. The predicted octanol–water partition coefficient (Wildman–Crippen LogP) is 3.82. The van der Waals surface area contributed by atoms with Crippen LogP contribution in [0.1, 0.15) is 33.3 Å². The lowest BCUT2D eigenvalue weighted by molar-refractivity contribution is 0.0602. The lowest BCUT2D eigenvalue weighted by Crippen LogP contribution is -2.17. The highest BCUT2D eigenvalue weighted by atomic mass is 16.5. The van der Waals surface area contributed by atoms with Crippen molar-refractivity contribution in [2.75, 3.05) is 17.7 Å². The molecular formula is C21H20N4O3. The van der Waals surface area contributed by atoms with E-state index in [4.69, 9.17) is 4.74 Å². The Morgan fingerprint density at radius 3 is 2.46 bits per heavy atom. The third-order valence-electron chi connectivity index (χ3n) is 4.11. The maximum Gasteiger partial charge on any atom is 0.339 e. The Hall–Kier alpha value is -3.74. The number of methoxy groups -OCH3 is 1. The summed E-state index contributed by atoms with van der Waals surface area (Å²) >= 11 is 0. The van der Waals surface area contributed by atoms with E-state index in [-0.39, 0.29) is 11.3 Å². The van der Waals surface area contributed by atoms with Crippen molar-refractivity contribution in [2.45, 2.75) is 13.3 Å². The number of carbonyl (C=O) groups excluding carboxylic acids is 2. The summed E-state index contributed by atoms with van der Waals surface area (Å²) in [5.41, 5.74) is 2.80. The van der Waals surface area contributed by atoms with Crippen LogP contribution in [0.15, 0.2) is 60.8 Å². The fourth-order valence-electron chi connectivity index (χ4n) is 2.68. The van der Waals surface area contributed by atoms with E-state index in [1.54, 1.807) is 24.3 Å². The Balaban J connectivity index is 1.81. The van der Waals surface area contributed by atoms with E-state index in [0.717, 1.165) is 17.7 Å². The first-order valence-corrected chi connectivity index (χ1v) is 8.79. The number of hydrogen-bond acceptors (Lipinski definition) is 6. The molecule has 0 aliphatic heterocycles. The molecule has 3 aromatic rings. The van der Waals surface area contributed by atoms with Gasteiger partial charge in [0, 0.05) is 11.9 Å². The van der Waals surface area contributed by atoms with Crippen molar-refractivity contribution in [3.63, 3.8) is 0 Å². The lowest BCUT2D eigenvalue weighted by Gasteiger charge is -2.11. The van der Waals surface area contributed by atoms with Gasteiger partial charge in [-0.2, -0.15) is 0 Å². The molecule has 7 nitrogen and oxygen atoms in total. The Morgan fingerprint density at radius 1 is 1.00 bits per heavy atom.